The first-order valence-corrected chi connectivity index (χ1v) is 5.90. The predicted octanol–water partition coefficient (Wildman–Crippen LogP) is 2.38. The van der Waals surface area contributed by atoms with Gasteiger partial charge in [-0.05, 0) is 12.5 Å². The summed E-state index contributed by atoms with van der Waals surface area (Å²) in [6, 6.07) is 0. The van der Waals surface area contributed by atoms with Gasteiger partial charge >= 0.3 is 5.97 Å². The number of hydrogen-bond acceptors (Lipinski definition) is 3. The molecule has 0 aliphatic carbocycles. The minimum atomic E-state index is -2.77. The van der Waals surface area contributed by atoms with Crippen LogP contribution in [-0.4, -0.2) is 17.6 Å². The molecule has 1 rings (SSSR count). The zero-order valence-electron chi connectivity index (χ0n) is 8.93. The van der Waals surface area contributed by atoms with Crippen molar-refractivity contribution in [3.63, 3.8) is 0 Å². The van der Waals surface area contributed by atoms with Gasteiger partial charge in [0.2, 0.25) is 0 Å². The van der Waals surface area contributed by atoms with E-state index in [4.69, 9.17) is 0 Å². The molecule has 0 saturated heterocycles. The topological polar surface area (TPSA) is 59.2 Å². The Bertz CT molecular complexity index is 473. The smallest absolute Gasteiger partial charge is 0.344 e. The molecule has 0 unspecified atom stereocenters. The van der Waals surface area contributed by atoms with Gasteiger partial charge in [0.05, 0.1) is 6.61 Å². The van der Waals surface area contributed by atoms with Gasteiger partial charge < -0.3 is 9.72 Å². The number of esters is 1. The Kier molecular flexibility index (Phi) is 4.80. The maximum absolute atomic E-state index is 12.7. The van der Waals surface area contributed by atoms with Gasteiger partial charge in [0.1, 0.15) is 5.56 Å². The lowest BCUT2D eigenvalue weighted by Gasteiger charge is -2.10. The van der Waals surface area contributed by atoms with E-state index in [2.05, 4.69) is 25.7 Å². The Balaban J connectivity index is 3.40. The van der Waals surface area contributed by atoms with E-state index in [1.807, 2.05) is 0 Å². The summed E-state index contributed by atoms with van der Waals surface area (Å²) >= 11 is 2.99. The van der Waals surface area contributed by atoms with Crippen LogP contribution in [0.25, 0.3) is 0 Å². The summed E-state index contributed by atoms with van der Waals surface area (Å²) in [4.78, 5) is 25.1. The summed E-state index contributed by atoms with van der Waals surface area (Å²) < 4.78 is 30.0. The quantitative estimate of drug-likeness (QED) is 0.686. The molecule has 1 N–H and O–H groups in total. The number of aromatic amines is 1. The molecule has 7 heteroatoms. The Morgan fingerprint density at radius 1 is 1.59 bits per heavy atom. The molecule has 1 aromatic rings. The number of carbonyl (C=O) groups is 1. The summed E-state index contributed by atoms with van der Waals surface area (Å²) in [6.07, 6.45) is -1.86. The second-order valence-corrected chi connectivity index (χ2v) is 3.64. The van der Waals surface area contributed by atoms with Crippen molar-refractivity contribution in [3.05, 3.63) is 33.2 Å². The molecule has 1 aromatic heterocycles. The van der Waals surface area contributed by atoms with Crippen LogP contribution in [0, 0.1) is 0 Å². The van der Waals surface area contributed by atoms with E-state index in [9.17, 15) is 18.4 Å². The molecule has 1 heterocycles. The fourth-order valence-electron chi connectivity index (χ4n) is 1.34. The van der Waals surface area contributed by atoms with Crippen molar-refractivity contribution in [2.75, 3.05) is 6.61 Å². The van der Waals surface area contributed by atoms with E-state index < -0.39 is 18.0 Å². The molecule has 0 fully saturated rings. The number of alkyl halides is 3. The van der Waals surface area contributed by atoms with E-state index >= 15 is 0 Å². The van der Waals surface area contributed by atoms with Crippen molar-refractivity contribution in [2.45, 2.75) is 18.7 Å². The number of nitrogens with one attached hydrogen (secondary N) is 1. The minimum absolute atomic E-state index is 0.0231. The Labute approximate surface area is 104 Å². The normalized spacial score (nSPS) is 10.6. The molecule has 17 heavy (non-hydrogen) atoms. The maximum Gasteiger partial charge on any atom is 0.344 e. The van der Waals surface area contributed by atoms with E-state index in [-0.39, 0.29) is 28.6 Å². The highest BCUT2D eigenvalue weighted by molar-refractivity contribution is 9.08. The summed E-state index contributed by atoms with van der Waals surface area (Å²) in [7, 11) is 0. The Hall–Kier alpha value is -1.24. The molecule has 0 aliphatic heterocycles. The average Bonchev–Trinajstić information content (AvgIpc) is 2.28. The van der Waals surface area contributed by atoms with Gasteiger partial charge in [-0.1, -0.05) is 15.9 Å². The van der Waals surface area contributed by atoms with Gasteiger partial charge in [-0.3, -0.25) is 4.79 Å². The third kappa shape index (κ3) is 2.91. The van der Waals surface area contributed by atoms with Crippen LogP contribution in [-0.2, 0) is 10.1 Å². The molecular formula is C10H10BrF2NO3. The second-order valence-electron chi connectivity index (χ2n) is 3.08. The van der Waals surface area contributed by atoms with Gasteiger partial charge in [0.15, 0.2) is 0 Å². The predicted molar refractivity (Wildman–Crippen MR) is 60.6 cm³/mol. The highest BCUT2D eigenvalue weighted by Gasteiger charge is 2.23. The summed E-state index contributed by atoms with van der Waals surface area (Å²) in [5, 5.41) is -0.0231. The van der Waals surface area contributed by atoms with Crippen LogP contribution in [0.4, 0.5) is 8.78 Å². The largest absolute Gasteiger partial charge is 0.462 e. The molecule has 94 valence electrons. The minimum Gasteiger partial charge on any atom is -0.462 e. The average molecular weight is 310 g/mol. The fourth-order valence-corrected chi connectivity index (χ4v) is 1.95. The van der Waals surface area contributed by atoms with E-state index in [0.717, 1.165) is 6.20 Å². The standard InChI is InChI=1S/C10H10BrF2NO3/c1-2-17-10(16)7-5(3-11)6(8(12)13)4-14-9(7)15/h4,8H,2-3H2,1H3,(H,14,15). The number of ether oxygens (including phenoxy) is 1. The van der Waals surface area contributed by atoms with E-state index in [1.54, 1.807) is 6.92 Å². The molecule has 0 amide bonds. The van der Waals surface area contributed by atoms with Gasteiger partial charge in [0, 0.05) is 17.1 Å². The lowest BCUT2D eigenvalue weighted by molar-refractivity contribution is 0.0522. The molecular weight excluding hydrogens is 300 g/mol. The number of carbonyl (C=O) groups excluding carboxylic acids is 1. The van der Waals surface area contributed by atoms with Crippen LogP contribution < -0.4 is 5.56 Å². The summed E-state index contributed by atoms with van der Waals surface area (Å²) in [5.41, 5.74) is -1.53. The first-order chi connectivity index (χ1) is 8.02. The van der Waals surface area contributed by atoms with E-state index in [0.29, 0.717) is 0 Å². The number of pyridine rings is 1. The molecule has 0 radical (unpaired) electrons. The second kappa shape index (κ2) is 5.90. The molecule has 0 aliphatic rings. The zero-order valence-corrected chi connectivity index (χ0v) is 10.5. The van der Waals surface area contributed by atoms with Gasteiger partial charge in [-0.25, -0.2) is 13.6 Å². The fraction of sp³-hybridized carbons (Fsp3) is 0.400. The zero-order chi connectivity index (χ0) is 13.0. The molecule has 0 aromatic carbocycles. The molecule has 0 spiro atoms. The van der Waals surface area contributed by atoms with Crippen LogP contribution in [0.5, 0.6) is 0 Å². The Morgan fingerprint density at radius 3 is 2.71 bits per heavy atom. The van der Waals surface area contributed by atoms with Crippen LogP contribution in [0.15, 0.2) is 11.0 Å². The van der Waals surface area contributed by atoms with Crippen molar-refractivity contribution in [1.29, 1.82) is 0 Å². The number of halogens is 3. The van der Waals surface area contributed by atoms with Crippen molar-refractivity contribution in [2.24, 2.45) is 0 Å². The van der Waals surface area contributed by atoms with E-state index in [1.165, 1.54) is 0 Å². The molecule has 4 nitrogen and oxygen atoms in total. The van der Waals surface area contributed by atoms with Crippen LogP contribution >= 0.6 is 15.9 Å². The Morgan fingerprint density at radius 2 is 2.24 bits per heavy atom. The van der Waals surface area contributed by atoms with Crippen LogP contribution in [0.3, 0.4) is 0 Å². The van der Waals surface area contributed by atoms with Gasteiger partial charge in [-0.15, -0.1) is 0 Å². The molecule has 0 atom stereocenters. The first kappa shape index (κ1) is 13.8. The number of H-pyrrole nitrogens is 1. The SMILES string of the molecule is CCOC(=O)c1c(CBr)c(C(F)F)c[nH]c1=O. The first-order valence-electron chi connectivity index (χ1n) is 4.78. The third-order valence-corrected chi connectivity index (χ3v) is 2.65. The molecule has 0 bridgehead atoms. The van der Waals surface area contributed by atoms with Gasteiger partial charge in [0.25, 0.3) is 12.0 Å². The highest BCUT2D eigenvalue weighted by atomic mass is 79.9. The monoisotopic (exact) mass is 309 g/mol. The highest BCUT2D eigenvalue weighted by Crippen LogP contribution is 2.25. The number of aromatic nitrogens is 1. The van der Waals surface area contributed by atoms with Crippen molar-refractivity contribution < 1.29 is 18.3 Å². The third-order valence-electron chi connectivity index (χ3n) is 2.08. The van der Waals surface area contributed by atoms with Crippen molar-refractivity contribution in [3.8, 4) is 0 Å². The maximum atomic E-state index is 12.7. The van der Waals surface area contributed by atoms with Crippen molar-refractivity contribution >= 4 is 21.9 Å². The summed E-state index contributed by atoms with van der Waals surface area (Å²) in [6.45, 7) is 1.63. The van der Waals surface area contributed by atoms with Crippen molar-refractivity contribution in [1.82, 2.24) is 4.98 Å². The lowest BCUT2D eigenvalue weighted by Crippen LogP contribution is -2.23. The molecule has 0 saturated carbocycles. The van der Waals surface area contributed by atoms with Gasteiger partial charge in [-0.2, -0.15) is 0 Å². The lowest BCUT2D eigenvalue weighted by atomic mass is 10.1. The van der Waals surface area contributed by atoms with Crippen LogP contribution in [0.2, 0.25) is 0 Å². The van der Waals surface area contributed by atoms with Crippen LogP contribution in [0.1, 0.15) is 34.8 Å². The summed E-state index contributed by atoms with van der Waals surface area (Å²) in [5.74, 6) is -0.897. The number of hydrogen-bond donors (Lipinski definition) is 1. The number of rotatable bonds is 4.